The molecule has 3 heterocycles. The van der Waals surface area contributed by atoms with Gasteiger partial charge in [0.15, 0.2) is 5.65 Å². The highest BCUT2D eigenvalue weighted by Crippen LogP contribution is 2.32. The van der Waals surface area contributed by atoms with Gasteiger partial charge in [-0.25, -0.2) is 4.98 Å². The number of piperidine rings is 1. The van der Waals surface area contributed by atoms with Crippen molar-refractivity contribution >= 4 is 40.7 Å². The fourth-order valence-electron chi connectivity index (χ4n) is 4.74. The lowest BCUT2D eigenvalue weighted by atomic mass is 9.93. The molecular formula is C28H25ClN6O3. The number of amides is 3. The number of hydrogen-bond donors (Lipinski definition) is 2. The van der Waals surface area contributed by atoms with E-state index in [4.69, 9.17) is 22.3 Å². The van der Waals surface area contributed by atoms with E-state index in [0.29, 0.717) is 46.3 Å². The van der Waals surface area contributed by atoms with E-state index in [-0.39, 0.29) is 23.4 Å². The van der Waals surface area contributed by atoms with Crippen molar-refractivity contribution in [3.63, 3.8) is 0 Å². The monoisotopic (exact) mass is 528 g/mol. The standard InChI is InChI=1S/C28H25ClN6O3/c1-2-22(36)34-14-11-18(12-15-34)24-27-33-23(25(26(30)37)35(27)16-13-31-24)17-5-9-21(10-6-17)32-28(38)19-3-7-20(29)8-4-19/h2-10,13,16,18H,1,11-12,14-15H2,(H2,30,37)(H,32,38). The Bertz CT molecular complexity index is 1540. The molecule has 3 N–H and O–H groups in total. The van der Waals surface area contributed by atoms with Gasteiger partial charge in [-0.3, -0.25) is 23.8 Å². The van der Waals surface area contributed by atoms with E-state index in [9.17, 15) is 14.4 Å². The maximum atomic E-state index is 12.5. The summed E-state index contributed by atoms with van der Waals surface area (Å²) in [5, 5.41) is 3.40. The van der Waals surface area contributed by atoms with E-state index in [1.165, 1.54) is 6.08 Å². The number of benzene rings is 2. The molecule has 1 aliphatic rings. The summed E-state index contributed by atoms with van der Waals surface area (Å²) in [4.78, 5) is 48.2. The van der Waals surface area contributed by atoms with Gasteiger partial charge < -0.3 is 16.0 Å². The van der Waals surface area contributed by atoms with Crippen LogP contribution in [0.25, 0.3) is 16.9 Å². The van der Waals surface area contributed by atoms with Gasteiger partial charge in [0.1, 0.15) is 11.4 Å². The van der Waals surface area contributed by atoms with Crippen molar-refractivity contribution < 1.29 is 14.4 Å². The molecule has 0 atom stereocenters. The average Bonchev–Trinajstić information content (AvgIpc) is 3.33. The molecule has 2 aromatic carbocycles. The number of nitrogens with zero attached hydrogens (tertiary/aromatic N) is 4. The summed E-state index contributed by atoms with van der Waals surface area (Å²) in [5.41, 5.74) is 9.53. The topological polar surface area (TPSA) is 123 Å². The number of aromatic nitrogens is 3. The van der Waals surface area contributed by atoms with Crippen LogP contribution in [0.1, 0.15) is 45.3 Å². The van der Waals surface area contributed by atoms with Gasteiger partial charge in [0, 0.05) is 53.2 Å². The molecule has 0 saturated carbocycles. The highest BCUT2D eigenvalue weighted by atomic mass is 35.5. The molecule has 1 aliphatic heterocycles. The lowest BCUT2D eigenvalue weighted by Gasteiger charge is -2.31. The number of primary amides is 1. The van der Waals surface area contributed by atoms with Gasteiger partial charge >= 0.3 is 0 Å². The largest absolute Gasteiger partial charge is 0.364 e. The Morgan fingerprint density at radius 3 is 2.37 bits per heavy atom. The number of imidazole rings is 1. The third-order valence-corrected chi connectivity index (χ3v) is 6.95. The number of halogens is 1. The molecule has 5 rings (SSSR count). The van der Waals surface area contributed by atoms with Gasteiger partial charge in [-0.15, -0.1) is 0 Å². The first-order chi connectivity index (χ1) is 18.4. The Kier molecular flexibility index (Phi) is 6.93. The number of rotatable bonds is 6. The highest BCUT2D eigenvalue weighted by Gasteiger charge is 2.28. The summed E-state index contributed by atoms with van der Waals surface area (Å²) in [6.07, 6.45) is 6.09. The molecule has 9 nitrogen and oxygen atoms in total. The quantitative estimate of drug-likeness (QED) is 0.361. The predicted molar refractivity (Wildman–Crippen MR) is 145 cm³/mol. The van der Waals surface area contributed by atoms with E-state index in [0.717, 1.165) is 18.5 Å². The molecule has 4 aromatic rings. The molecule has 0 radical (unpaired) electrons. The molecule has 3 amide bonds. The zero-order valence-electron chi connectivity index (χ0n) is 20.4. The first kappa shape index (κ1) is 25.2. The Labute approximate surface area is 223 Å². The number of anilines is 1. The van der Waals surface area contributed by atoms with E-state index in [2.05, 4.69) is 16.9 Å². The molecule has 192 valence electrons. The molecule has 0 aliphatic carbocycles. The number of nitrogens with one attached hydrogen (secondary N) is 1. The summed E-state index contributed by atoms with van der Waals surface area (Å²) < 4.78 is 1.68. The van der Waals surface area contributed by atoms with Crippen LogP contribution in [0.4, 0.5) is 5.69 Å². The molecular weight excluding hydrogens is 504 g/mol. The normalized spacial score (nSPS) is 13.9. The Hall–Kier alpha value is -4.50. The van der Waals surface area contributed by atoms with Gasteiger partial charge in [-0.1, -0.05) is 30.3 Å². The van der Waals surface area contributed by atoms with Crippen LogP contribution < -0.4 is 11.1 Å². The number of nitrogens with two attached hydrogens (primary N) is 1. The minimum Gasteiger partial charge on any atom is -0.364 e. The van der Waals surface area contributed by atoms with Crippen molar-refractivity contribution in [2.75, 3.05) is 18.4 Å². The second kappa shape index (κ2) is 10.5. The molecule has 0 unspecified atom stereocenters. The van der Waals surface area contributed by atoms with Crippen molar-refractivity contribution in [2.45, 2.75) is 18.8 Å². The molecule has 0 bridgehead atoms. The van der Waals surface area contributed by atoms with Crippen LogP contribution in [0.15, 0.2) is 73.6 Å². The van der Waals surface area contributed by atoms with Crippen molar-refractivity contribution in [2.24, 2.45) is 5.73 Å². The van der Waals surface area contributed by atoms with Crippen LogP contribution in [0.5, 0.6) is 0 Å². The average molecular weight is 529 g/mol. The Balaban J connectivity index is 1.43. The van der Waals surface area contributed by atoms with Crippen LogP contribution in [0.2, 0.25) is 5.02 Å². The second-order valence-electron chi connectivity index (χ2n) is 9.02. The molecule has 2 aromatic heterocycles. The zero-order valence-corrected chi connectivity index (χ0v) is 21.2. The lowest BCUT2D eigenvalue weighted by Crippen LogP contribution is -2.37. The van der Waals surface area contributed by atoms with Gasteiger partial charge in [-0.2, -0.15) is 0 Å². The van der Waals surface area contributed by atoms with E-state index < -0.39 is 5.91 Å². The number of fused-ring (bicyclic) bond motifs is 1. The lowest BCUT2D eigenvalue weighted by molar-refractivity contribution is -0.127. The Morgan fingerprint density at radius 2 is 1.74 bits per heavy atom. The molecule has 1 fully saturated rings. The first-order valence-corrected chi connectivity index (χ1v) is 12.5. The summed E-state index contributed by atoms with van der Waals surface area (Å²) in [6, 6.07) is 13.6. The van der Waals surface area contributed by atoms with Crippen molar-refractivity contribution in [3.05, 3.63) is 95.6 Å². The van der Waals surface area contributed by atoms with Gasteiger partial charge in [-0.05, 0) is 55.3 Å². The minimum atomic E-state index is -0.615. The van der Waals surface area contributed by atoms with Crippen molar-refractivity contribution in [1.82, 2.24) is 19.3 Å². The van der Waals surface area contributed by atoms with Crippen molar-refractivity contribution in [1.29, 1.82) is 0 Å². The van der Waals surface area contributed by atoms with E-state index in [1.54, 1.807) is 70.2 Å². The van der Waals surface area contributed by atoms with Gasteiger partial charge in [0.05, 0.1) is 5.69 Å². The number of carbonyl (C=O) groups excluding carboxylic acids is 3. The SMILES string of the molecule is C=CC(=O)N1CCC(c2nccn3c(C(N)=O)c(-c4ccc(NC(=O)c5ccc(Cl)cc5)cc4)nc23)CC1. The van der Waals surface area contributed by atoms with Crippen LogP contribution in [-0.2, 0) is 4.79 Å². The number of likely N-dealkylation sites (tertiary alicyclic amines) is 1. The maximum Gasteiger partial charge on any atom is 0.268 e. The molecule has 0 spiro atoms. The fourth-order valence-corrected chi connectivity index (χ4v) is 4.87. The minimum absolute atomic E-state index is 0.0778. The zero-order chi connectivity index (χ0) is 26.8. The Morgan fingerprint density at radius 1 is 1.05 bits per heavy atom. The van der Waals surface area contributed by atoms with Crippen LogP contribution in [0.3, 0.4) is 0 Å². The smallest absolute Gasteiger partial charge is 0.268 e. The molecule has 10 heteroatoms. The highest BCUT2D eigenvalue weighted by molar-refractivity contribution is 6.30. The van der Waals surface area contributed by atoms with Crippen molar-refractivity contribution in [3.8, 4) is 11.3 Å². The van der Waals surface area contributed by atoms with Gasteiger partial charge in [0.25, 0.3) is 11.8 Å². The second-order valence-corrected chi connectivity index (χ2v) is 9.46. The number of hydrogen-bond acceptors (Lipinski definition) is 5. The van der Waals surface area contributed by atoms with Crippen LogP contribution in [0, 0.1) is 0 Å². The van der Waals surface area contributed by atoms with E-state index in [1.807, 2.05) is 0 Å². The first-order valence-electron chi connectivity index (χ1n) is 12.1. The summed E-state index contributed by atoms with van der Waals surface area (Å²) >= 11 is 5.90. The third kappa shape index (κ3) is 4.88. The fraction of sp³-hybridized carbons (Fsp3) is 0.179. The van der Waals surface area contributed by atoms with Crippen LogP contribution >= 0.6 is 11.6 Å². The van der Waals surface area contributed by atoms with Gasteiger partial charge in [0.2, 0.25) is 5.91 Å². The molecule has 1 saturated heterocycles. The molecule has 38 heavy (non-hydrogen) atoms. The summed E-state index contributed by atoms with van der Waals surface area (Å²) in [6.45, 7) is 4.75. The maximum absolute atomic E-state index is 12.5. The van der Waals surface area contributed by atoms with E-state index >= 15 is 0 Å². The summed E-state index contributed by atoms with van der Waals surface area (Å²) in [5.74, 6) is -0.886. The van der Waals surface area contributed by atoms with Crippen LogP contribution in [-0.4, -0.2) is 50.1 Å². The predicted octanol–water partition coefficient (Wildman–Crippen LogP) is 4.29. The third-order valence-electron chi connectivity index (χ3n) is 6.69. The summed E-state index contributed by atoms with van der Waals surface area (Å²) in [7, 11) is 0. The number of carbonyl (C=O) groups is 3.